The predicted octanol–water partition coefficient (Wildman–Crippen LogP) is 3.02. The van der Waals surface area contributed by atoms with E-state index in [1.165, 1.54) is 7.11 Å². The van der Waals surface area contributed by atoms with E-state index in [1.807, 2.05) is 6.07 Å². The summed E-state index contributed by atoms with van der Waals surface area (Å²) in [5.41, 5.74) is 0.812. The number of rotatable bonds is 2. The number of methoxy groups -OCH3 is 1. The molecule has 0 radical (unpaired) electrons. The van der Waals surface area contributed by atoms with E-state index in [9.17, 15) is 10.1 Å². The normalized spacial score (nSPS) is 21.5. The molecule has 1 aliphatic rings. The van der Waals surface area contributed by atoms with Gasteiger partial charge >= 0.3 is 5.97 Å². The molecular weight excluding hydrogens is 292 g/mol. The lowest BCUT2D eigenvalue weighted by atomic mass is 9.78. The molecule has 1 aromatic rings. The fraction of sp³-hybridized carbons (Fsp3) is 0.267. The highest BCUT2D eigenvalue weighted by atomic mass is 35.5. The number of carbonyl (C=O) groups is 1. The molecule has 0 aliphatic carbocycles. The fourth-order valence-electron chi connectivity index (χ4n) is 2.40. The van der Waals surface area contributed by atoms with Gasteiger partial charge < -0.3 is 9.47 Å². The zero-order chi connectivity index (χ0) is 15.6. The van der Waals surface area contributed by atoms with Crippen LogP contribution >= 0.6 is 11.6 Å². The van der Waals surface area contributed by atoms with Crippen molar-refractivity contribution in [1.82, 2.24) is 0 Å². The smallest absolute Gasteiger partial charge is 0.337 e. The Morgan fingerprint density at radius 2 is 2.14 bits per heavy atom. The molecule has 1 N–H and O–H groups in total. The van der Waals surface area contributed by atoms with Gasteiger partial charge in [-0.05, 0) is 18.6 Å². The average Bonchev–Trinajstić information content (AvgIpc) is 2.46. The number of halogens is 1. The van der Waals surface area contributed by atoms with E-state index < -0.39 is 17.8 Å². The van der Waals surface area contributed by atoms with Gasteiger partial charge in [-0.1, -0.05) is 29.8 Å². The summed E-state index contributed by atoms with van der Waals surface area (Å²) in [6.07, 6.45) is 0. The van der Waals surface area contributed by atoms with Gasteiger partial charge in [-0.3, -0.25) is 5.41 Å². The molecule has 2 unspecified atom stereocenters. The summed E-state index contributed by atoms with van der Waals surface area (Å²) in [7, 11) is 1.26. The van der Waals surface area contributed by atoms with Gasteiger partial charge in [-0.2, -0.15) is 5.26 Å². The van der Waals surface area contributed by atoms with Crippen LogP contribution in [0, 0.1) is 22.7 Å². The molecule has 1 aliphatic heterocycles. The van der Waals surface area contributed by atoms with Gasteiger partial charge in [0.25, 0.3) is 0 Å². The van der Waals surface area contributed by atoms with E-state index in [-0.39, 0.29) is 17.2 Å². The molecule has 21 heavy (non-hydrogen) atoms. The van der Waals surface area contributed by atoms with Crippen LogP contribution in [-0.4, -0.2) is 19.0 Å². The van der Waals surface area contributed by atoms with Crippen molar-refractivity contribution in [3.05, 3.63) is 46.2 Å². The molecule has 0 aromatic heterocycles. The molecule has 1 aromatic carbocycles. The van der Waals surface area contributed by atoms with Crippen LogP contribution in [0.5, 0.6) is 0 Å². The largest absolute Gasteiger partial charge is 0.466 e. The van der Waals surface area contributed by atoms with Crippen LogP contribution in [0.2, 0.25) is 5.02 Å². The first-order valence-corrected chi connectivity index (χ1v) is 6.58. The molecule has 0 fully saturated rings. The molecule has 1 heterocycles. The molecule has 0 amide bonds. The average molecular weight is 305 g/mol. The Kier molecular flexibility index (Phi) is 4.29. The number of nitriles is 1. The van der Waals surface area contributed by atoms with Gasteiger partial charge in [-0.15, -0.1) is 0 Å². The molecule has 5 nitrogen and oxygen atoms in total. The van der Waals surface area contributed by atoms with Crippen LogP contribution in [0.1, 0.15) is 18.4 Å². The predicted molar refractivity (Wildman–Crippen MR) is 76.8 cm³/mol. The van der Waals surface area contributed by atoms with Gasteiger partial charge in [0.15, 0.2) is 0 Å². The Morgan fingerprint density at radius 1 is 1.48 bits per heavy atom. The van der Waals surface area contributed by atoms with Crippen molar-refractivity contribution < 1.29 is 14.3 Å². The van der Waals surface area contributed by atoms with E-state index in [2.05, 4.69) is 0 Å². The van der Waals surface area contributed by atoms with Crippen molar-refractivity contribution in [2.75, 3.05) is 7.11 Å². The zero-order valence-corrected chi connectivity index (χ0v) is 12.3. The third-order valence-electron chi connectivity index (χ3n) is 3.35. The number of hydrogen-bond acceptors (Lipinski definition) is 5. The number of benzene rings is 1. The molecular formula is C15H13ClN2O3. The van der Waals surface area contributed by atoms with Crippen LogP contribution < -0.4 is 0 Å². The van der Waals surface area contributed by atoms with Crippen molar-refractivity contribution in [2.24, 2.45) is 5.92 Å². The van der Waals surface area contributed by atoms with Crippen LogP contribution in [0.3, 0.4) is 0 Å². The van der Waals surface area contributed by atoms with Crippen LogP contribution in [-0.2, 0) is 14.3 Å². The Hall–Kier alpha value is -2.32. The summed E-state index contributed by atoms with van der Waals surface area (Å²) in [5.74, 6) is -2.15. The molecule has 0 spiro atoms. The highest BCUT2D eigenvalue weighted by molar-refractivity contribution is 6.31. The first-order chi connectivity index (χ1) is 10.0. The van der Waals surface area contributed by atoms with E-state index in [0.717, 1.165) is 0 Å². The fourth-order valence-corrected chi connectivity index (χ4v) is 2.65. The Labute approximate surface area is 127 Å². The zero-order valence-electron chi connectivity index (χ0n) is 11.5. The molecule has 2 atom stereocenters. The van der Waals surface area contributed by atoms with Crippen molar-refractivity contribution in [3.63, 3.8) is 0 Å². The number of hydrogen-bond donors (Lipinski definition) is 1. The van der Waals surface area contributed by atoms with Gasteiger partial charge in [0.05, 0.1) is 18.8 Å². The third-order valence-corrected chi connectivity index (χ3v) is 3.70. The maximum Gasteiger partial charge on any atom is 0.337 e. The first kappa shape index (κ1) is 15.1. The lowest BCUT2D eigenvalue weighted by Gasteiger charge is -2.30. The molecule has 0 saturated carbocycles. The van der Waals surface area contributed by atoms with Crippen LogP contribution in [0.4, 0.5) is 0 Å². The summed E-state index contributed by atoms with van der Waals surface area (Å²) in [5, 5.41) is 17.6. The number of nitrogens with zero attached hydrogens (tertiary/aromatic N) is 1. The number of nitrogens with one attached hydrogen (secondary N) is 1. The van der Waals surface area contributed by atoms with Crippen molar-refractivity contribution in [3.8, 4) is 6.07 Å². The molecule has 2 rings (SSSR count). The van der Waals surface area contributed by atoms with Gasteiger partial charge in [0, 0.05) is 10.9 Å². The monoisotopic (exact) mass is 304 g/mol. The molecule has 108 valence electrons. The van der Waals surface area contributed by atoms with Gasteiger partial charge in [0.1, 0.15) is 11.7 Å². The lowest BCUT2D eigenvalue weighted by Crippen LogP contribution is -2.33. The molecule has 0 saturated heterocycles. The van der Waals surface area contributed by atoms with Crippen molar-refractivity contribution in [1.29, 1.82) is 10.7 Å². The second-order valence-corrected chi connectivity index (χ2v) is 4.94. The quantitative estimate of drug-likeness (QED) is 0.851. The number of ether oxygens (including phenoxy) is 2. The van der Waals surface area contributed by atoms with Gasteiger partial charge in [-0.25, -0.2) is 4.79 Å². The van der Waals surface area contributed by atoms with Crippen molar-refractivity contribution >= 4 is 23.5 Å². The minimum atomic E-state index is -0.928. The second kappa shape index (κ2) is 5.98. The summed E-state index contributed by atoms with van der Waals surface area (Å²) >= 11 is 6.19. The summed E-state index contributed by atoms with van der Waals surface area (Å²) in [6, 6.07) is 8.93. The SMILES string of the molecule is COC(=O)C1=C(C)OC(=N)C(C#N)C1c1ccccc1Cl. The minimum absolute atomic E-state index is 0.201. The number of carbonyl (C=O) groups excluding carboxylic acids is 1. The maximum atomic E-state index is 12.1. The number of allylic oxidation sites excluding steroid dienone is 1. The minimum Gasteiger partial charge on any atom is -0.466 e. The Bertz CT molecular complexity index is 676. The summed E-state index contributed by atoms with van der Waals surface area (Å²) < 4.78 is 9.99. The van der Waals surface area contributed by atoms with Crippen molar-refractivity contribution in [2.45, 2.75) is 12.8 Å². The van der Waals surface area contributed by atoms with E-state index >= 15 is 0 Å². The lowest BCUT2D eigenvalue weighted by molar-refractivity contribution is -0.136. The Balaban J connectivity index is 2.68. The van der Waals surface area contributed by atoms with Crippen LogP contribution in [0.15, 0.2) is 35.6 Å². The highest BCUT2D eigenvalue weighted by Gasteiger charge is 2.41. The third kappa shape index (κ3) is 2.63. The van der Waals surface area contributed by atoms with E-state index in [1.54, 1.807) is 31.2 Å². The van der Waals surface area contributed by atoms with Gasteiger partial charge in [0.2, 0.25) is 5.90 Å². The topological polar surface area (TPSA) is 83.2 Å². The first-order valence-electron chi connectivity index (χ1n) is 6.20. The van der Waals surface area contributed by atoms with E-state index in [4.69, 9.17) is 26.5 Å². The molecule has 0 bridgehead atoms. The standard InChI is InChI=1S/C15H13ClN2O3/c1-8-12(15(19)20-2)13(10(7-17)14(18)21-8)9-5-3-4-6-11(9)16/h3-6,10,13,18H,1-2H3. The van der Waals surface area contributed by atoms with E-state index in [0.29, 0.717) is 10.6 Å². The maximum absolute atomic E-state index is 12.1. The molecule has 6 heteroatoms. The van der Waals surface area contributed by atoms with Crippen LogP contribution in [0.25, 0.3) is 0 Å². The summed E-state index contributed by atoms with van der Waals surface area (Å²) in [4.78, 5) is 12.1. The number of esters is 1. The second-order valence-electron chi connectivity index (χ2n) is 4.53. The summed E-state index contributed by atoms with van der Waals surface area (Å²) in [6.45, 7) is 1.57. The Morgan fingerprint density at radius 3 is 2.71 bits per heavy atom. The highest BCUT2D eigenvalue weighted by Crippen LogP contribution is 2.41.